The van der Waals surface area contributed by atoms with Crippen LogP contribution in [-0.4, -0.2) is 116 Å². The first kappa shape index (κ1) is 66.5. The van der Waals surface area contributed by atoms with E-state index in [1.165, 1.54) is 0 Å². The van der Waals surface area contributed by atoms with Crippen LogP contribution in [0.3, 0.4) is 0 Å². The summed E-state index contributed by atoms with van der Waals surface area (Å²) in [6, 6.07) is 24.8. The molecule has 9 rings (SSSR count). The van der Waals surface area contributed by atoms with Gasteiger partial charge in [0.1, 0.15) is 72.3 Å². The number of phenolic OH excluding ortho intramolecular Hbond substituents is 2. The molecule has 18 heteroatoms. The average Bonchev–Trinajstić information content (AvgIpc) is 0.939. The summed E-state index contributed by atoms with van der Waals surface area (Å²) in [7, 11) is 0. The van der Waals surface area contributed by atoms with Gasteiger partial charge < -0.3 is 48.1 Å². The molecule has 0 radical (unpaired) electrons. The number of hydrogen-bond acceptors (Lipinski definition) is 16. The van der Waals surface area contributed by atoms with Gasteiger partial charge in [0.2, 0.25) is 0 Å². The molecule has 1 aliphatic carbocycles. The van der Waals surface area contributed by atoms with Gasteiger partial charge in [-0.2, -0.15) is 0 Å². The van der Waals surface area contributed by atoms with E-state index in [2.05, 4.69) is 162 Å². The molecule has 4 aromatic heterocycles. The lowest BCUT2D eigenvalue weighted by atomic mass is 9.79. The van der Waals surface area contributed by atoms with Gasteiger partial charge in [-0.15, -0.1) is 10.2 Å². The van der Waals surface area contributed by atoms with Crippen molar-refractivity contribution in [3.8, 4) is 34.5 Å². The highest BCUT2D eigenvalue weighted by Crippen LogP contribution is 2.44. The molecule has 2 N–H and O–H groups in total. The van der Waals surface area contributed by atoms with Gasteiger partial charge in [0.25, 0.3) is 0 Å². The summed E-state index contributed by atoms with van der Waals surface area (Å²) in [6.07, 6.45) is 12.0. The summed E-state index contributed by atoms with van der Waals surface area (Å²) in [5, 5.41) is 42.5. The van der Waals surface area contributed by atoms with E-state index in [0.717, 1.165) is 89.6 Å². The van der Waals surface area contributed by atoms with E-state index in [0.29, 0.717) is 116 Å². The molecular formula is C72H92N8O10. The highest BCUT2D eigenvalue weighted by molar-refractivity contribution is 5.59. The Hall–Kier alpha value is -7.90. The van der Waals surface area contributed by atoms with Gasteiger partial charge in [-0.3, -0.25) is 9.97 Å². The van der Waals surface area contributed by atoms with Crippen molar-refractivity contribution < 1.29 is 48.1 Å². The first-order valence-corrected chi connectivity index (χ1v) is 31.4. The Morgan fingerprint density at radius 2 is 0.644 bits per heavy atom. The van der Waals surface area contributed by atoms with E-state index in [1.54, 1.807) is 58.4 Å². The van der Waals surface area contributed by atoms with Crippen LogP contribution in [-0.2, 0) is 92.6 Å². The highest BCUT2D eigenvalue weighted by atomic mass is 16.6. The zero-order valence-corrected chi connectivity index (χ0v) is 54.9. The first-order valence-electron chi connectivity index (χ1n) is 31.4. The Bertz CT molecular complexity index is 3280. The summed E-state index contributed by atoms with van der Waals surface area (Å²) in [4.78, 5) is 8.05. The number of aromatic nitrogens is 8. The molecule has 18 nitrogen and oxygen atoms in total. The lowest BCUT2D eigenvalue weighted by molar-refractivity contribution is 0.0331. The van der Waals surface area contributed by atoms with E-state index >= 15 is 0 Å². The van der Waals surface area contributed by atoms with Crippen molar-refractivity contribution in [1.29, 1.82) is 0 Å². The van der Waals surface area contributed by atoms with Crippen LogP contribution in [0.5, 0.6) is 34.5 Å². The minimum Gasteiger partial charge on any atom is -0.507 e. The Morgan fingerprint density at radius 3 is 0.944 bits per heavy atom. The molecule has 0 fully saturated rings. The predicted molar refractivity (Wildman–Crippen MR) is 347 cm³/mol. The smallest absolute Gasteiger partial charge is 0.134 e. The van der Waals surface area contributed by atoms with Crippen molar-refractivity contribution in [2.24, 2.45) is 0 Å². The molecule has 0 aliphatic heterocycles. The van der Waals surface area contributed by atoms with Crippen LogP contribution < -0.4 is 18.9 Å². The fraction of sp³-hybridized carbons (Fsp3) is 0.472. The molecule has 0 amide bonds. The van der Waals surface area contributed by atoms with Crippen LogP contribution in [0.1, 0.15) is 161 Å². The van der Waals surface area contributed by atoms with E-state index < -0.39 is 0 Å². The minimum atomic E-state index is -0.257. The van der Waals surface area contributed by atoms with E-state index in [-0.39, 0.29) is 46.4 Å². The topological polar surface area (TPSA) is 201 Å². The van der Waals surface area contributed by atoms with Crippen LogP contribution in [0, 0.1) is 0 Å². The number of pyridine rings is 2. The molecule has 90 heavy (non-hydrogen) atoms. The summed E-state index contributed by atoms with van der Waals surface area (Å²) >= 11 is 0. The fourth-order valence-corrected chi connectivity index (χ4v) is 10.6. The number of rotatable bonds is 26. The van der Waals surface area contributed by atoms with Crippen molar-refractivity contribution in [1.82, 2.24) is 40.0 Å². The molecule has 0 saturated carbocycles. The molecule has 4 heterocycles. The van der Waals surface area contributed by atoms with Crippen LogP contribution in [0.25, 0.3) is 0 Å². The monoisotopic (exact) mass is 1230 g/mol. The van der Waals surface area contributed by atoms with Gasteiger partial charge >= 0.3 is 0 Å². The normalized spacial score (nSPS) is 12.9. The number of ether oxygens (including phenoxy) is 8. The second kappa shape index (κ2) is 29.8. The zero-order valence-electron chi connectivity index (χ0n) is 54.9. The molecule has 0 saturated heterocycles. The number of hydrogen-bond donors (Lipinski definition) is 2. The van der Waals surface area contributed by atoms with Gasteiger partial charge in [0.15, 0.2) is 0 Å². The molecule has 480 valence electrons. The van der Waals surface area contributed by atoms with Crippen LogP contribution in [0.4, 0.5) is 0 Å². The maximum atomic E-state index is 12.8. The van der Waals surface area contributed by atoms with Crippen molar-refractivity contribution in [3.05, 3.63) is 188 Å². The SMILES string of the molecule is CC(C)(C)c1cc2c(O)c(c1)Cc1cc(C(C)(C)C)cc(c1OCCOCCOCCn1cc(COc3ccncc3)nn1)Cc1cc(C(C)(C)C)cc(c1O)Cc1cc(C(C)(C)C)cc(c1OCCOCCOCCn1cc(COc3ccncc3)nn1)C2. The van der Waals surface area contributed by atoms with Crippen molar-refractivity contribution in [2.75, 3.05) is 66.1 Å². The van der Waals surface area contributed by atoms with E-state index in [9.17, 15) is 10.2 Å². The minimum absolute atomic E-state index is 0.236. The molecule has 4 aromatic carbocycles. The van der Waals surface area contributed by atoms with Crippen molar-refractivity contribution >= 4 is 0 Å². The van der Waals surface area contributed by atoms with Crippen LogP contribution in [0.2, 0.25) is 0 Å². The van der Waals surface area contributed by atoms with Gasteiger partial charge in [0.05, 0.1) is 78.3 Å². The summed E-state index contributed by atoms with van der Waals surface area (Å²) in [5.41, 5.74) is 11.8. The first-order chi connectivity index (χ1) is 42.9. The largest absolute Gasteiger partial charge is 0.507 e. The number of benzene rings is 4. The third-order valence-corrected chi connectivity index (χ3v) is 15.9. The lowest BCUT2D eigenvalue weighted by Gasteiger charge is -2.28. The maximum Gasteiger partial charge on any atom is 0.134 e. The second-order valence-electron chi connectivity index (χ2n) is 27.3. The number of aromatic hydroxyl groups is 2. The van der Waals surface area contributed by atoms with Crippen molar-refractivity contribution in [3.63, 3.8) is 0 Å². The van der Waals surface area contributed by atoms with Crippen LogP contribution >= 0.6 is 0 Å². The second-order valence-corrected chi connectivity index (χ2v) is 27.3. The van der Waals surface area contributed by atoms with E-state index in [1.807, 2.05) is 12.4 Å². The standard InChI is InChI=1S/C72H92N8O10/c1-69(2,3)57-37-49-33-53-41-59(71(7,8)9)43-55(67(53)87-31-29-85-27-25-83-23-21-79-45-61(75-77-79)47-89-63-13-17-73-18-14-63)35-51-39-58(70(4,5)6)40-52(66(51)82)36-56-44-60(72(10,11)12)42-54(34-50(38-57)65(49)81)68(56)88-32-30-86-28-26-84-24-22-80-46-62(76-78-80)48-90-64-15-19-74-20-16-64/h13-20,37-46,81-82H,21-36,47-48H2,1-12H3. The summed E-state index contributed by atoms with van der Waals surface area (Å²) < 4.78 is 53.1. The molecular weight excluding hydrogens is 1140 g/mol. The predicted octanol–water partition coefficient (Wildman–Crippen LogP) is 12.3. The summed E-state index contributed by atoms with van der Waals surface area (Å²) in [5.74, 6) is 3.34. The Morgan fingerprint density at radius 1 is 0.367 bits per heavy atom. The molecule has 8 aromatic rings. The zero-order chi connectivity index (χ0) is 64.1. The molecule has 0 unspecified atom stereocenters. The maximum absolute atomic E-state index is 12.8. The van der Waals surface area contributed by atoms with Crippen molar-refractivity contribution in [2.45, 2.75) is 157 Å². The lowest BCUT2D eigenvalue weighted by Crippen LogP contribution is -2.18. The molecule has 1 aliphatic rings. The molecule has 0 spiro atoms. The summed E-state index contributed by atoms with van der Waals surface area (Å²) in [6.45, 7) is 31.8. The molecule has 0 atom stereocenters. The Balaban J connectivity index is 0.946. The number of fused-ring (bicyclic) bond motifs is 8. The third-order valence-electron chi connectivity index (χ3n) is 15.9. The number of nitrogens with zero attached hydrogens (tertiary/aromatic N) is 8. The van der Waals surface area contributed by atoms with Gasteiger partial charge in [-0.05, 0) is 113 Å². The van der Waals surface area contributed by atoms with E-state index in [4.69, 9.17) is 37.9 Å². The molecule has 8 bridgehead atoms. The highest BCUT2D eigenvalue weighted by Gasteiger charge is 2.29. The quantitative estimate of drug-likeness (QED) is 0.0484. The average molecular weight is 1230 g/mol. The van der Waals surface area contributed by atoms with Gasteiger partial charge in [-0.25, -0.2) is 9.36 Å². The van der Waals surface area contributed by atoms with Crippen LogP contribution in [0.15, 0.2) is 110 Å². The Kier molecular flexibility index (Phi) is 22.0. The third kappa shape index (κ3) is 18.6. The van der Waals surface area contributed by atoms with Gasteiger partial charge in [0, 0.05) is 50.5 Å². The number of phenols is 2. The van der Waals surface area contributed by atoms with Gasteiger partial charge in [-0.1, -0.05) is 142 Å². The fourth-order valence-electron chi connectivity index (χ4n) is 10.6. The Labute approximate surface area is 531 Å².